The lowest BCUT2D eigenvalue weighted by Crippen LogP contribution is -2.05. The number of benzene rings is 1. The highest BCUT2D eigenvalue weighted by molar-refractivity contribution is 6.41. The second-order valence-electron chi connectivity index (χ2n) is 8.69. The van der Waals surface area contributed by atoms with Gasteiger partial charge in [-0.3, -0.25) is 0 Å². The highest BCUT2D eigenvalue weighted by Crippen LogP contribution is 2.42. The molecule has 0 saturated carbocycles. The molecule has 186 valence electrons. The van der Waals surface area contributed by atoms with Crippen LogP contribution in [0, 0.1) is 0 Å². The molecule has 0 spiro atoms. The lowest BCUT2D eigenvalue weighted by atomic mass is 10.0. The van der Waals surface area contributed by atoms with E-state index in [1.165, 1.54) is 70.6 Å². The fourth-order valence-electron chi connectivity index (χ4n) is 3.91. The molecule has 0 amide bonds. The molecule has 33 heavy (non-hydrogen) atoms. The van der Waals surface area contributed by atoms with E-state index in [1.54, 1.807) is 13.0 Å². The van der Waals surface area contributed by atoms with Gasteiger partial charge in [-0.05, 0) is 31.4 Å². The number of rotatable bonds is 17. The SMILES string of the molecule is CCCCCCCCCCCCCCCc1c(Cl)cc(Cl)c(OC(C)c2nnc(N)o2)c1Cl. The molecular weight excluding hydrogens is 481 g/mol. The molecule has 1 unspecified atom stereocenters. The third kappa shape index (κ3) is 9.92. The van der Waals surface area contributed by atoms with E-state index in [9.17, 15) is 0 Å². The number of hydrogen-bond donors (Lipinski definition) is 1. The molecule has 2 aromatic rings. The van der Waals surface area contributed by atoms with Crippen molar-refractivity contribution in [2.45, 2.75) is 110 Å². The summed E-state index contributed by atoms with van der Waals surface area (Å²) in [6, 6.07) is 1.66. The van der Waals surface area contributed by atoms with Crippen molar-refractivity contribution < 1.29 is 9.15 Å². The number of nitrogens with two attached hydrogens (primary N) is 1. The zero-order chi connectivity index (χ0) is 24.1. The van der Waals surface area contributed by atoms with Crippen molar-refractivity contribution >= 4 is 40.8 Å². The Kier molecular flexibility index (Phi) is 13.3. The topological polar surface area (TPSA) is 74.2 Å². The summed E-state index contributed by atoms with van der Waals surface area (Å²) in [5.41, 5.74) is 6.35. The Balaban J connectivity index is 1.70. The zero-order valence-electron chi connectivity index (χ0n) is 20.0. The zero-order valence-corrected chi connectivity index (χ0v) is 22.2. The lowest BCUT2D eigenvalue weighted by molar-refractivity contribution is 0.190. The number of hydrogen-bond acceptors (Lipinski definition) is 5. The molecule has 0 bridgehead atoms. The molecule has 0 aliphatic carbocycles. The predicted octanol–water partition coefficient (Wildman–Crippen LogP) is 9.39. The summed E-state index contributed by atoms with van der Waals surface area (Å²) < 4.78 is 11.1. The molecule has 0 radical (unpaired) electrons. The van der Waals surface area contributed by atoms with Gasteiger partial charge in [0, 0.05) is 5.02 Å². The van der Waals surface area contributed by atoms with Gasteiger partial charge in [0.15, 0.2) is 11.9 Å². The maximum Gasteiger partial charge on any atom is 0.312 e. The van der Waals surface area contributed by atoms with Crippen molar-refractivity contribution in [3.8, 4) is 5.75 Å². The first kappa shape index (κ1) is 28.1. The number of aromatic nitrogens is 2. The second kappa shape index (κ2) is 15.7. The van der Waals surface area contributed by atoms with Gasteiger partial charge >= 0.3 is 6.01 Å². The van der Waals surface area contributed by atoms with Crippen LogP contribution in [0.25, 0.3) is 0 Å². The Morgan fingerprint density at radius 3 is 1.91 bits per heavy atom. The maximum absolute atomic E-state index is 6.62. The van der Waals surface area contributed by atoms with Crippen LogP contribution >= 0.6 is 34.8 Å². The van der Waals surface area contributed by atoms with Crippen LogP contribution in [-0.4, -0.2) is 10.2 Å². The molecule has 0 aliphatic heterocycles. The number of nitrogen functional groups attached to an aromatic ring is 1. The van der Waals surface area contributed by atoms with E-state index >= 15 is 0 Å². The summed E-state index contributed by atoms with van der Waals surface area (Å²) in [6.07, 6.45) is 17.3. The van der Waals surface area contributed by atoms with Gasteiger partial charge in [0.2, 0.25) is 0 Å². The van der Waals surface area contributed by atoms with Crippen molar-refractivity contribution in [1.82, 2.24) is 10.2 Å². The first-order chi connectivity index (χ1) is 15.9. The average molecular weight is 519 g/mol. The highest BCUT2D eigenvalue weighted by atomic mass is 35.5. The molecule has 1 aromatic heterocycles. The fourth-order valence-corrected chi connectivity index (χ4v) is 4.95. The Labute approximate surface area is 213 Å². The molecule has 1 atom stereocenters. The molecule has 2 N–H and O–H groups in total. The van der Waals surface area contributed by atoms with E-state index in [2.05, 4.69) is 17.1 Å². The third-order valence-corrected chi connectivity index (χ3v) is 6.87. The van der Waals surface area contributed by atoms with Gasteiger partial charge < -0.3 is 14.9 Å². The minimum atomic E-state index is -0.546. The van der Waals surface area contributed by atoms with E-state index in [0.29, 0.717) is 20.8 Å². The van der Waals surface area contributed by atoms with E-state index in [-0.39, 0.29) is 11.9 Å². The fraction of sp³-hybridized carbons (Fsp3) is 0.680. The maximum atomic E-state index is 6.62. The predicted molar refractivity (Wildman–Crippen MR) is 139 cm³/mol. The first-order valence-electron chi connectivity index (χ1n) is 12.4. The Hall–Kier alpha value is -1.17. The molecule has 0 fully saturated rings. The van der Waals surface area contributed by atoms with Crippen molar-refractivity contribution in [2.75, 3.05) is 5.73 Å². The van der Waals surface area contributed by atoms with Crippen LogP contribution in [0.5, 0.6) is 5.75 Å². The Morgan fingerprint density at radius 2 is 1.39 bits per heavy atom. The lowest BCUT2D eigenvalue weighted by Gasteiger charge is -2.17. The van der Waals surface area contributed by atoms with E-state index < -0.39 is 6.10 Å². The van der Waals surface area contributed by atoms with Crippen LogP contribution in [-0.2, 0) is 6.42 Å². The number of unbranched alkanes of at least 4 members (excludes halogenated alkanes) is 12. The average Bonchev–Trinajstić information content (AvgIpc) is 3.22. The standard InChI is InChI=1S/C25H38Cl3N3O2/c1-3-4-5-6-7-8-9-10-11-12-13-14-15-16-19-20(26)17-21(27)23(22(19)28)32-18(2)24-30-31-25(29)33-24/h17-18H,3-16H2,1-2H3,(H2,29,31). The van der Waals surface area contributed by atoms with Gasteiger partial charge in [-0.25, -0.2) is 0 Å². The molecule has 2 rings (SSSR count). The summed E-state index contributed by atoms with van der Waals surface area (Å²) >= 11 is 19.4. The van der Waals surface area contributed by atoms with Gasteiger partial charge in [-0.15, -0.1) is 5.10 Å². The summed E-state index contributed by atoms with van der Waals surface area (Å²) in [5, 5.41) is 8.84. The van der Waals surface area contributed by atoms with Crippen LogP contribution in [0.15, 0.2) is 10.5 Å². The van der Waals surface area contributed by atoms with E-state index in [4.69, 9.17) is 49.7 Å². The van der Waals surface area contributed by atoms with Gasteiger partial charge in [0.25, 0.3) is 5.89 Å². The van der Waals surface area contributed by atoms with Crippen molar-refractivity contribution in [2.24, 2.45) is 0 Å². The minimum absolute atomic E-state index is 0.0168. The smallest absolute Gasteiger partial charge is 0.312 e. The Bertz CT molecular complexity index is 829. The third-order valence-electron chi connectivity index (χ3n) is 5.85. The van der Waals surface area contributed by atoms with Crippen LogP contribution in [0.1, 0.15) is 115 Å². The van der Waals surface area contributed by atoms with Crippen LogP contribution < -0.4 is 10.5 Å². The first-order valence-corrected chi connectivity index (χ1v) is 13.5. The molecule has 0 aliphatic rings. The summed E-state index contributed by atoms with van der Waals surface area (Å²) in [6.45, 7) is 4.03. The normalized spacial score (nSPS) is 12.3. The summed E-state index contributed by atoms with van der Waals surface area (Å²) in [7, 11) is 0. The monoisotopic (exact) mass is 517 g/mol. The van der Waals surface area contributed by atoms with Crippen molar-refractivity contribution in [3.05, 3.63) is 32.6 Å². The largest absolute Gasteiger partial charge is 0.478 e. The number of anilines is 1. The Morgan fingerprint density at radius 1 is 0.848 bits per heavy atom. The van der Waals surface area contributed by atoms with Crippen molar-refractivity contribution in [3.63, 3.8) is 0 Å². The molecule has 0 saturated heterocycles. The summed E-state index contributed by atoms with van der Waals surface area (Å²) in [5.74, 6) is 0.629. The highest BCUT2D eigenvalue weighted by Gasteiger charge is 2.21. The molecule has 1 aromatic carbocycles. The number of halogens is 3. The van der Waals surface area contributed by atoms with Crippen molar-refractivity contribution in [1.29, 1.82) is 0 Å². The summed E-state index contributed by atoms with van der Waals surface area (Å²) in [4.78, 5) is 0. The molecule has 8 heteroatoms. The van der Waals surface area contributed by atoms with Gasteiger partial charge in [-0.2, -0.15) is 0 Å². The van der Waals surface area contributed by atoms with Crippen LogP contribution in [0.2, 0.25) is 15.1 Å². The minimum Gasteiger partial charge on any atom is -0.478 e. The number of nitrogens with zero attached hydrogens (tertiary/aromatic N) is 2. The van der Waals surface area contributed by atoms with Gasteiger partial charge in [0.05, 0.1) is 10.0 Å². The number of ether oxygens (including phenoxy) is 1. The van der Waals surface area contributed by atoms with Crippen LogP contribution in [0.3, 0.4) is 0 Å². The second-order valence-corrected chi connectivity index (χ2v) is 9.89. The van der Waals surface area contributed by atoms with E-state index in [1.807, 2.05) is 0 Å². The van der Waals surface area contributed by atoms with Gasteiger partial charge in [0.1, 0.15) is 0 Å². The molecule has 5 nitrogen and oxygen atoms in total. The van der Waals surface area contributed by atoms with Gasteiger partial charge in [-0.1, -0.05) is 124 Å². The van der Waals surface area contributed by atoms with E-state index in [0.717, 1.165) is 24.8 Å². The van der Waals surface area contributed by atoms with Crippen LogP contribution in [0.4, 0.5) is 6.01 Å². The quantitative estimate of drug-likeness (QED) is 0.211. The molecular formula is C25H38Cl3N3O2. The molecule has 1 heterocycles.